The van der Waals surface area contributed by atoms with Crippen molar-refractivity contribution in [3.8, 4) is 5.75 Å². The van der Waals surface area contributed by atoms with Crippen molar-refractivity contribution in [3.05, 3.63) is 53.4 Å². The molecule has 4 aromatic rings. The van der Waals surface area contributed by atoms with Gasteiger partial charge in [0.2, 0.25) is 5.91 Å². The van der Waals surface area contributed by atoms with E-state index in [0.29, 0.717) is 24.7 Å². The number of hydrogen-bond acceptors (Lipinski definition) is 6. The lowest BCUT2D eigenvalue weighted by Crippen LogP contribution is -2.36. The van der Waals surface area contributed by atoms with E-state index >= 15 is 0 Å². The fourth-order valence-electron chi connectivity index (χ4n) is 3.66. The monoisotopic (exact) mass is 400 g/mol. The second-order valence-electron chi connectivity index (χ2n) is 7.26. The van der Waals surface area contributed by atoms with Crippen molar-refractivity contribution >= 4 is 40.3 Å². The molecule has 0 unspecified atom stereocenters. The second-order valence-corrected chi connectivity index (χ2v) is 7.26. The van der Waals surface area contributed by atoms with Gasteiger partial charge < -0.3 is 9.64 Å². The standard InChI is InChI=1S/C22H20N6O2/c1-13-12-23-14(2)22-25-19(26-28(13)22)9-7-17-6-4-16-5-8-18-21(20(16)24-17)27(15(3)29)10-11-30-18/h4-9,12H,10-11H2,1-3H3/b9-7+. The van der Waals surface area contributed by atoms with Crippen LogP contribution < -0.4 is 9.64 Å². The number of amides is 1. The van der Waals surface area contributed by atoms with E-state index in [1.165, 1.54) is 0 Å². The van der Waals surface area contributed by atoms with Crippen LogP contribution in [-0.4, -0.2) is 43.6 Å². The van der Waals surface area contributed by atoms with Gasteiger partial charge in [0.15, 0.2) is 11.5 Å². The average molecular weight is 400 g/mol. The third-order valence-corrected chi connectivity index (χ3v) is 5.17. The van der Waals surface area contributed by atoms with E-state index in [2.05, 4.69) is 15.1 Å². The molecular formula is C22H20N6O2. The number of carbonyl (C=O) groups is 1. The van der Waals surface area contributed by atoms with Gasteiger partial charge >= 0.3 is 0 Å². The molecule has 0 saturated heterocycles. The van der Waals surface area contributed by atoms with Crippen LogP contribution in [0.3, 0.4) is 0 Å². The molecule has 150 valence electrons. The number of benzene rings is 1. The first-order chi connectivity index (χ1) is 14.5. The summed E-state index contributed by atoms with van der Waals surface area (Å²) >= 11 is 0. The average Bonchev–Trinajstić information content (AvgIpc) is 3.20. The fourth-order valence-corrected chi connectivity index (χ4v) is 3.66. The van der Waals surface area contributed by atoms with E-state index in [1.54, 1.807) is 22.5 Å². The lowest BCUT2D eigenvalue weighted by Gasteiger charge is -2.29. The van der Waals surface area contributed by atoms with Gasteiger partial charge in [-0.2, -0.15) is 0 Å². The number of aryl methyl sites for hydroxylation is 2. The maximum Gasteiger partial charge on any atom is 0.224 e. The van der Waals surface area contributed by atoms with Gasteiger partial charge in [0.05, 0.1) is 29.1 Å². The van der Waals surface area contributed by atoms with Gasteiger partial charge in [-0.25, -0.2) is 14.5 Å². The van der Waals surface area contributed by atoms with E-state index in [0.717, 1.165) is 39.3 Å². The summed E-state index contributed by atoms with van der Waals surface area (Å²) in [6, 6.07) is 7.77. The molecule has 0 N–H and O–H groups in total. The van der Waals surface area contributed by atoms with E-state index in [9.17, 15) is 4.79 Å². The highest BCUT2D eigenvalue weighted by molar-refractivity contribution is 6.04. The second kappa shape index (κ2) is 6.91. The summed E-state index contributed by atoms with van der Waals surface area (Å²) in [5, 5.41) is 5.48. The Balaban J connectivity index is 1.57. The Morgan fingerprint density at radius 1 is 1.13 bits per heavy atom. The number of ether oxygens (including phenoxy) is 1. The zero-order chi connectivity index (χ0) is 20.8. The van der Waals surface area contributed by atoms with Crippen LogP contribution in [0.1, 0.15) is 29.8 Å². The van der Waals surface area contributed by atoms with E-state index < -0.39 is 0 Å². The van der Waals surface area contributed by atoms with Crippen LogP contribution in [-0.2, 0) is 4.79 Å². The van der Waals surface area contributed by atoms with Crippen LogP contribution in [0.4, 0.5) is 5.69 Å². The maximum atomic E-state index is 12.1. The number of anilines is 1. The summed E-state index contributed by atoms with van der Waals surface area (Å²) in [4.78, 5) is 27.6. The first kappa shape index (κ1) is 18.2. The molecule has 0 aliphatic carbocycles. The minimum atomic E-state index is -0.0250. The van der Waals surface area contributed by atoms with Crippen LogP contribution in [0.25, 0.3) is 28.7 Å². The van der Waals surface area contributed by atoms with E-state index in [1.807, 2.05) is 50.3 Å². The van der Waals surface area contributed by atoms with Gasteiger partial charge in [-0.05, 0) is 44.2 Å². The molecule has 0 bridgehead atoms. The predicted octanol–water partition coefficient (Wildman–Crippen LogP) is 3.21. The van der Waals surface area contributed by atoms with Crippen molar-refractivity contribution in [2.24, 2.45) is 0 Å². The SMILES string of the molecule is CC(=O)N1CCOc2ccc3ccc(/C=C/c4nc5c(C)ncc(C)n5n4)nc3c21. The number of fused-ring (bicyclic) bond motifs is 4. The van der Waals surface area contributed by atoms with Gasteiger partial charge in [-0.15, -0.1) is 5.10 Å². The third-order valence-electron chi connectivity index (χ3n) is 5.17. The zero-order valence-electron chi connectivity index (χ0n) is 17.0. The maximum absolute atomic E-state index is 12.1. The summed E-state index contributed by atoms with van der Waals surface area (Å²) < 4.78 is 7.54. The Kier molecular flexibility index (Phi) is 4.20. The quantitative estimate of drug-likeness (QED) is 0.514. The number of aromatic nitrogens is 5. The molecule has 1 aromatic carbocycles. The highest BCUT2D eigenvalue weighted by atomic mass is 16.5. The van der Waals surface area contributed by atoms with Gasteiger partial charge in [0.1, 0.15) is 18.0 Å². The fraction of sp³-hybridized carbons (Fsp3) is 0.227. The van der Waals surface area contributed by atoms with Gasteiger partial charge in [0.25, 0.3) is 0 Å². The predicted molar refractivity (Wildman–Crippen MR) is 114 cm³/mol. The number of carbonyl (C=O) groups excluding carboxylic acids is 1. The van der Waals surface area contributed by atoms with Crippen molar-refractivity contribution in [3.63, 3.8) is 0 Å². The van der Waals surface area contributed by atoms with Gasteiger partial charge in [0, 0.05) is 18.5 Å². The molecule has 0 saturated carbocycles. The smallest absolute Gasteiger partial charge is 0.224 e. The number of pyridine rings is 1. The van der Waals surface area contributed by atoms with E-state index in [-0.39, 0.29) is 5.91 Å². The highest BCUT2D eigenvalue weighted by Gasteiger charge is 2.24. The molecule has 4 heterocycles. The Bertz CT molecular complexity index is 1300. The molecule has 8 heteroatoms. The molecule has 0 radical (unpaired) electrons. The number of rotatable bonds is 2. The molecule has 1 amide bonds. The highest BCUT2D eigenvalue weighted by Crippen LogP contribution is 2.37. The first-order valence-electron chi connectivity index (χ1n) is 9.73. The number of hydrogen-bond donors (Lipinski definition) is 0. The van der Waals surface area contributed by atoms with Crippen LogP contribution in [0.5, 0.6) is 5.75 Å². The third kappa shape index (κ3) is 2.97. The van der Waals surface area contributed by atoms with Gasteiger partial charge in [-0.1, -0.05) is 6.07 Å². The lowest BCUT2D eigenvalue weighted by atomic mass is 10.1. The Labute approximate surface area is 172 Å². The van der Waals surface area contributed by atoms with Crippen molar-refractivity contribution < 1.29 is 9.53 Å². The Hall–Kier alpha value is -3.81. The topological polar surface area (TPSA) is 85.5 Å². The lowest BCUT2D eigenvalue weighted by molar-refractivity contribution is -0.116. The molecule has 1 aliphatic heterocycles. The molecule has 0 fully saturated rings. The summed E-state index contributed by atoms with van der Waals surface area (Å²) in [5.41, 5.74) is 4.70. The summed E-state index contributed by atoms with van der Waals surface area (Å²) in [6.45, 7) is 6.41. The minimum Gasteiger partial charge on any atom is -0.489 e. The van der Waals surface area contributed by atoms with Crippen LogP contribution >= 0.6 is 0 Å². The molecule has 0 atom stereocenters. The van der Waals surface area contributed by atoms with Crippen LogP contribution in [0.15, 0.2) is 30.5 Å². The Morgan fingerprint density at radius 2 is 1.97 bits per heavy atom. The zero-order valence-corrected chi connectivity index (χ0v) is 17.0. The molecule has 3 aromatic heterocycles. The summed E-state index contributed by atoms with van der Waals surface area (Å²) in [6.07, 6.45) is 5.48. The molecule has 8 nitrogen and oxygen atoms in total. The molecule has 5 rings (SSSR count). The molecule has 0 spiro atoms. The minimum absolute atomic E-state index is 0.0250. The summed E-state index contributed by atoms with van der Waals surface area (Å²) in [7, 11) is 0. The van der Waals surface area contributed by atoms with Crippen molar-refractivity contribution in [1.82, 2.24) is 24.6 Å². The molecule has 1 aliphatic rings. The largest absolute Gasteiger partial charge is 0.489 e. The van der Waals surface area contributed by atoms with Gasteiger partial charge in [-0.3, -0.25) is 9.78 Å². The number of nitrogens with zero attached hydrogens (tertiary/aromatic N) is 6. The Morgan fingerprint density at radius 3 is 2.77 bits per heavy atom. The van der Waals surface area contributed by atoms with Crippen molar-refractivity contribution in [1.29, 1.82) is 0 Å². The van der Waals surface area contributed by atoms with Crippen molar-refractivity contribution in [2.75, 3.05) is 18.1 Å². The van der Waals surface area contributed by atoms with Crippen LogP contribution in [0.2, 0.25) is 0 Å². The normalized spacial score (nSPS) is 13.8. The summed E-state index contributed by atoms with van der Waals surface area (Å²) in [5.74, 6) is 1.24. The van der Waals surface area contributed by atoms with E-state index in [4.69, 9.17) is 9.72 Å². The molecular weight excluding hydrogens is 380 g/mol. The van der Waals surface area contributed by atoms with Crippen molar-refractivity contribution in [2.45, 2.75) is 20.8 Å². The first-order valence-corrected chi connectivity index (χ1v) is 9.73. The molecule has 30 heavy (non-hydrogen) atoms. The van der Waals surface area contributed by atoms with Crippen LogP contribution in [0, 0.1) is 13.8 Å².